The number of imidazole rings is 1. The molecule has 2 aromatic carbocycles. The van der Waals surface area contributed by atoms with Gasteiger partial charge in [-0.05, 0) is 49.6 Å². The number of fused-ring (bicyclic) bond motifs is 2. The molecule has 8 heteroatoms. The molecule has 0 spiro atoms. The summed E-state index contributed by atoms with van der Waals surface area (Å²) in [4.78, 5) is 16.9. The lowest BCUT2D eigenvalue weighted by molar-refractivity contribution is 0.414. The molecule has 6 rings (SSSR count). The Hall–Kier alpha value is -4.20. The number of hydrogen-bond donors (Lipinski definition) is 1. The van der Waals surface area contributed by atoms with Crippen LogP contribution in [0.3, 0.4) is 0 Å². The Balaban J connectivity index is 1.41. The van der Waals surface area contributed by atoms with E-state index in [1.165, 1.54) is 12.8 Å². The summed E-state index contributed by atoms with van der Waals surface area (Å²) in [5, 5.41) is 8.50. The first-order chi connectivity index (χ1) is 17.2. The maximum atomic E-state index is 5.28. The van der Waals surface area contributed by atoms with E-state index in [0.29, 0.717) is 6.54 Å². The van der Waals surface area contributed by atoms with Crippen LogP contribution in [0.5, 0.6) is 5.75 Å². The maximum absolute atomic E-state index is 5.28. The first-order valence-electron chi connectivity index (χ1n) is 11.9. The molecule has 35 heavy (non-hydrogen) atoms. The first-order valence-corrected chi connectivity index (χ1v) is 11.9. The topological polar surface area (TPSA) is 80.5 Å². The first kappa shape index (κ1) is 21.3. The SMILES string of the molecule is COc1ccc(CNc2cc(N3CCCC3)nn3cc(-c4nc5ccccc5nc4C)nc23)cc1. The summed E-state index contributed by atoms with van der Waals surface area (Å²) in [6, 6.07) is 18.1. The number of hydrogen-bond acceptors (Lipinski definition) is 7. The van der Waals surface area contributed by atoms with Gasteiger partial charge in [0.1, 0.15) is 17.1 Å². The Kier molecular flexibility index (Phi) is 5.41. The molecule has 4 heterocycles. The molecule has 5 aromatic rings. The molecule has 1 fully saturated rings. The van der Waals surface area contributed by atoms with E-state index in [4.69, 9.17) is 24.8 Å². The average molecular weight is 466 g/mol. The molecule has 1 saturated heterocycles. The summed E-state index contributed by atoms with van der Waals surface area (Å²) >= 11 is 0. The van der Waals surface area contributed by atoms with Gasteiger partial charge in [-0.2, -0.15) is 0 Å². The van der Waals surface area contributed by atoms with Crippen molar-refractivity contribution in [1.29, 1.82) is 0 Å². The van der Waals surface area contributed by atoms with E-state index in [0.717, 1.165) is 69.7 Å². The minimum atomic E-state index is 0.667. The van der Waals surface area contributed by atoms with Crippen molar-refractivity contribution in [2.75, 3.05) is 30.4 Å². The molecule has 176 valence electrons. The van der Waals surface area contributed by atoms with E-state index in [-0.39, 0.29) is 0 Å². The summed E-state index contributed by atoms with van der Waals surface area (Å²) in [5.74, 6) is 1.80. The zero-order valence-electron chi connectivity index (χ0n) is 19.9. The zero-order valence-corrected chi connectivity index (χ0v) is 19.9. The van der Waals surface area contributed by atoms with Gasteiger partial charge in [-0.3, -0.25) is 0 Å². The Labute approximate surface area is 203 Å². The summed E-state index contributed by atoms with van der Waals surface area (Å²) < 4.78 is 7.16. The fraction of sp³-hybridized carbons (Fsp3) is 0.259. The van der Waals surface area contributed by atoms with Crippen LogP contribution in [-0.4, -0.2) is 44.8 Å². The van der Waals surface area contributed by atoms with E-state index in [1.807, 2.05) is 54.0 Å². The Morgan fingerprint density at radius 2 is 1.69 bits per heavy atom. The lowest BCUT2D eigenvalue weighted by Gasteiger charge is -2.18. The molecule has 0 saturated carbocycles. The highest BCUT2D eigenvalue weighted by molar-refractivity contribution is 5.79. The fourth-order valence-corrected chi connectivity index (χ4v) is 4.58. The molecule has 0 radical (unpaired) electrons. The van der Waals surface area contributed by atoms with Crippen LogP contribution in [0.15, 0.2) is 60.8 Å². The van der Waals surface area contributed by atoms with Crippen LogP contribution in [0.1, 0.15) is 24.1 Å². The third-order valence-corrected chi connectivity index (χ3v) is 6.47. The van der Waals surface area contributed by atoms with Crippen LogP contribution in [0.4, 0.5) is 11.5 Å². The van der Waals surface area contributed by atoms with E-state index in [2.05, 4.69) is 28.4 Å². The number of rotatable bonds is 6. The normalized spacial score (nSPS) is 13.6. The number of para-hydroxylation sites is 2. The molecule has 0 unspecified atom stereocenters. The van der Waals surface area contributed by atoms with Crippen molar-refractivity contribution in [3.05, 3.63) is 72.1 Å². The smallest absolute Gasteiger partial charge is 0.177 e. The van der Waals surface area contributed by atoms with E-state index in [9.17, 15) is 0 Å². The van der Waals surface area contributed by atoms with Crippen molar-refractivity contribution in [2.45, 2.75) is 26.3 Å². The number of anilines is 2. The molecular weight excluding hydrogens is 438 g/mol. The van der Waals surface area contributed by atoms with Crippen molar-refractivity contribution in [2.24, 2.45) is 0 Å². The standard InChI is InChI=1S/C27H27N7O/c1-18-26(30-22-8-4-3-7-21(22)29-18)24-17-34-27(31-24)23(15-25(32-34)33-13-5-6-14-33)28-16-19-9-11-20(35-2)12-10-19/h3-4,7-12,15,17,28H,5-6,13-14,16H2,1-2H3. The van der Waals surface area contributed by atoms with Crippen LogP contribution in [0, 0.1) is 6.92 Å². The van der Waals surface area contributed by atoms with Gasteiger partial charge in [-0.25, -0.2) is 19.5 Å². The number of nitrogens with zero attached hydrogens (tertiary/aromatic N) is 6. The van der Waals surface area contributed by atoms with Crippen LogP contribution >= 0.6 is 0 Å². The summed E-state index contributed by atoms with van der Waals surface area (Å²) in [5.41, 5.74) is 6.99. The third-order valence-electron chi connectivity index (χ3n) is 6.47. The number of aryl methyl sites for hydroxylation is 1. The van der Waals surface area contributed by atoms with Crippen molar-refractivity contribution < 1.29 is 4.74 Å². The van der Waals surface area contributed by atoms with Gasteiger partial charge in [0.25, 0.3) is 0 Å². The van der Waals surface area contributed by atoms with Gasteiger partial charge < -0.3 is 15.0 Å². The maximum Gasteiger partial charge on any atom is 0.177 e. The second kappa shape index (κ2) is 8.87. The lowest BCUT2D eigenvalue weighted by atomic mass is 10.2. The Morgan fingerprint density at radius 3 is 2.43 bits per heavy atom. The predicted molar refractivity (Wildman–Crippen MR) is 138 cm³/mol. The highest BCUT2D eigenvalue weighted by atomic mass is 16.5. The van der Waals surface area contributed by atoms with Gasteiger partial charge in [0.15, 0.2) is 11.5 Å². The molecule has 1 N–H and O–H groups in total. The second-order valence-corrected chi connectivity index (χ2v) is 8.85. The molecule has 0 aliphatic carbocycles. The number of nitrogens with one attached hydrogen (secondary N) is 1. The van der Waals surface area contributed by atoms with Crippen LogP contribution in [-0.2, 0) is 6.54 Å². The Bertz CT molecular complexity index is 1500. The quantitative estimate of drug-likeness (QED) is 0.383. The molecule has 8 nitrogen and oxygen atoms in total. The van der Waals surface area contributed by atoms with Gasteiger partial charge in [-0.1, -0.05) is 24.3 Å². The molecule has 1 aliphatic heterocycles. The van der Waals surface area contributed by atoms with E-state index in [1.54, 1.807) is 7.11 Å². The van der Waals surface area contributed by atoms with Crippen molar-refractivity contribution in [1.82, 2.24) is 24.6 Å². The molecule has 0 amide bonds. The molecular formula is C27H27N7O. The average Bonchev–Trinajstić information content (AvgIpc) is 3.57. The third kappa shape index (κ3) is 4.12. The van der Waals surface area contributed by atoms with Crippen molar-refractivity contribution in [3.63, 3.8) is 0 Å². The fourth-order valence-electron chi connectivity index (χ4n) is 4.58. The molecule has 0 atom stereocenters. The summed E-state index contributed by atoms with van der Waals surface area (Å²) in [7, 11) is 1.68. The van der Waals surface area contributed by atoms with E-state index < -0.39 is 0 Å². The Morgan fingerprint density at radius 1 is 0.943 bits per heavy atom. The largest absolute Gasteiger partial charge is 0.497 e. The summed E-state index contributed by atoms with van der Waals surface area (Å²) in [6.07, 6.45) is 4.34. The van der Waals surface area contributed by atoms with Crippen molar-refractivity contribution in [3.8, 4) is 17.1 Å². The number of aromatic nitrogens is 5. The highest BCUT2D eigenvalue weighted by Gasteiger charge is 2.19. The van der Waals surface area contributed by atoms with Crippen LogP contribution < -0.4 is 15.0 Å². The monoisotopic (exact) mass is 465 g/mol. The minimum absolute atomic E-state index is 0.667. The summed E-state index contributed by atoms with van der Waals surface area (Å²) in [6.45, 7) is 4.69. The van der Waals surface area contributed by atoms with Gasteiger partial charge in [-0.15, -0.1) is 5.10 Å². The van der Waals surface area contributed by atoms with Gasteiger partial charge >= 0.3 is 0 Å². The predicted octanol–water partition coefficient (Wildman–Crippen LogP) is 4.87. The molecule has 0 bridgehead atoms. The van der Waals surface area contributed by atoms with Crippen LogP contribution in [0.25, 0.3) is 28.1 Å². The van der Waals surface area contributed by atoms with Crippen molar-refractivity contribution >= 4 is 28.2 Å². The zero-order chi connectivity index (χ0) is 23.8. The number of ether oxygens (including phenoxy) is 1. The second-order valence-electron chi connectivity index (χ2n) is 8.85. The highest BCUT2D eigenvalue weighted by Crippen LogP contribution is 2.29. The molecule has 3 aromatic heterocycles. The minimum Gasteiger partial charge on any atom is -0.497 e. The van der Waals surface area contributed by atoms with Crippen LogP contribution in [0.2, 0.25) is 0 Å². The number of methoxy groups -OCH3 is 1. The molecule has 1 aliphatic rings. The van der Waals surface area contributed by atoms with Gasteiger partial charge in [0.05, 0.1) is 35.7 Å². The van der Waals surface area contributed by atoms with Gasteiger partial charge in [0.2, 0.25) is 0 Å². The van der Waals surface area contributed by atoms with E-state index >= 15 is 0 Å². The lowest BCUT2D eigenvalue weighted by Crippen LogP contribution is -2.20. The van der Waals surface area contributed by atoms with Gasteiger partial charge in [0, 0.05) is 25.7 Å². The number of benzene rings is 2.